The molecular formula is C16H19N3O3S. The summed E-state index contributed by atoms with van der Waals surface area (Å²) < 4.78 is 30.8. The second-order valence-electron chi connectivity index (χ2n) is 5.50. The van der Waals surface area contributed by atoms with E-state index in [0.717, 1.165) is 18.5 Å². The third kappa shape index (κ3) is 3.73. The summed E-state index contributed by atoms with van der Waals surface area (Å²) in [6.07, 6.45) is 10.6. The van der Waals surface area contributed by atoms with Crippen molar-refractivity contribution in [1.82, 2.24) is 9.78 Å². The van der Waals surface area contributed by atoms with Gasteiger partial charge in [-0.1, -0.05) is 12.1 Å². The van der Waals surface area contributed by atoms with Crippen molar-refractivity contribution >= 4 is 15.5 Å². The van der Waals surface area contributed by atoms with E-state index in [1.165, 1.54) is 6.26 Å². The summed E-state index contributed by atoms with van der Waals surface area (Å²) in [6, 6.07) is 6.82. The highest BCUT2D eigenvalue weighted by Crippen LogP contribution is 2.21. The van der Waals surface area contributed by atoms with Gasteiger partial charge in [0.05, 0.1) is 41.5 Å². The third-order valence-electron chi connectivity index (χ3n) is 3.65. The predicted octanol–water partition coefficient (Wildman–Crippen LogP) is 2.38. The van der Waals surface area contributed by atoms with E-state index >= 15 is 0 Å². The van der Waals surface area contributed by atoms with Gasteiger partial charge in [-0.15, -0.1) is 0 Å². The number of anilines is 1. The maximum atomic E-state index is 11.9. The van der Waals surface area contributed by atoms with Crippen LogP contribution in [-0.2, 0) is 14.6 Å². The number of para-hydroxylation sites is 1. The Bertz CT molecular complexity index is 811. The van der Waals surface area contributed by atoms with Crippen LogP contribution in [0.3, 0.4) is 0 Å². The Morgan fingerprint density at radius 3 is 2.96 bits per heavy atom. The minimum absolute atomic E-state index is 0.145. The van der Waals surface area contributed by atoms with Crippen LogP contribution < -0.4 is 5.32 Å². The second-order valence-corrected chi connectivity index (χ2v) is 7.49. The van der Waals surface area contributed by atoms with Gasteiger partial charge in [0.2, 0.25) is 0 Å². The number of rotatable bonds is 5. The molecule has 1 atom stereocenters. The van der Waals surface area contributed by atoms with Crippen LogP contribution in [0.4, 0.5) is 5.69 Å². The van der Waals surface area contributed by atoms with Crippen molar-refractivity contribution in [3.8, 4) is 5.69 Å². The molecule has 0 saturated heterocycles. The van der Waals surface area contributed by atoms with Gasteiger partial charge < -0.3 is 10.1 Å². The molecule has 1 aliphatic rings. The summed E-state index contributed by atoms with van der Waals surface area (Å²) in [5, 5.41) is 7.53. The molecule has 1 aromatic carbocycles. The maximum Gasteiger partial charge on any atom is 0.177 e. The molecule has 1 unspecified atom stereocenters. The van der Waals surface area contributed by atoms with Gasteiger partial charge in [0.25, 0.3) is 0 Å². The highest BCUT2D eigenvalue weighted by Gasteiger charge is 2.15. The lowest BCUT2D eigenvalue weighted by Crippen LogP contribution is -2.22. The molecular weight excluding hydrogens is 314 g/mol. The van der Waals surface area contributed by atoms with Gasteiger partial charge in [0, 0.05) is 6.26 Å². The second kappa shape index (κ2) is 6.45. The van der Waals surface area contributed by atoms with Crippen molar-refractivity contribution in [2.24, 2.45) is 0 Å². The van der Waals surface area contributed by atoms with Crippen molar-refractivity contribution in [3.05, 3.63) is 49.0 Å². The zero-order valence-electron chi connectivity index (χ0n) is 12.8. The molecule has 23 heavy (non-hydrogen) atoms. The Morgan fingerprint density at radius 1 is 1.39 bits per heavy atom. The zero-order valence-corrected chi connectivity index (χ0v) is 13.7. The van der Waals surface area contributed by atoms with Crippen LogP contribution in [0.25, 0.3) is 5.69 Å². The minimum Gasteiger partial charge on any atom is -0.497 e. The molecule has 3 rings (SSSR count). The SMILES string of the molecule is CS(=O)(=O)c1ccccc1-n1cc(NCC2CCC=CO2)cn1. The first kappa shape index (κ1) is 15.6. The molecule has 1 aromatic heterocycles. The smallest absolute Gasteiger partial charge is 0.177 e. The van der Waals surface area contributed by atoms with Crippen LogP contribution in [0.5, 0.6) is 0 Å². The van der Waals surface area contributed by atoms with Gasteiger partial charge >= 0.3 is 0 Å². The highest BCUT2D eigenvalue weighted by molar-refractivity contribution is 7.90. The lowest BCUT2D eigenvalue weighted by atomic mass is 10.1. The van der Waals surface area contributed by atoms with E-state index in [4.69, 9.17) is 4.74 Å². The quantitative estimate of drug-likeness (QED) is 0.909. The fraction of sp³-hybridized carbons (Fsp3) is 0.312. The van der Waals surface area contributed by atoms with Crippen LogP contribution in [0.1, 0.15) is 12.8 Å². The van der Waals surface area contributed by atoms with E-state index in [-0.39, 0.29) is 11.0 Å². The molecule has 2 heterocycles. The minimum atomic E-state index is -3.31. The first-order chi connectivity index (χ1) is 11.0. The van der Waals surface area contributed by atoms with Gasteiger partial charge in [0.1, 0.15) is 6.10 Å². The molecule has 0 bridgehead atoms. The van der Waals surface area contributed by atoms with E-state index in [1.807, 2.05) is 6.08 Å². The van der Waals surface area contributed by atoms with Gasteiger partial charge in [-0.2, -0.15) is 5.10 Å². The largest absolute Gasteiger partial charge is 0.497 e. The lowest BCUT2D eigenvalue weighted by Gasteiger charge is -2.19. The number of nitrogens with one attached hydrogen (secondary N) is 1. The van der Waals surface area contributed by atoms with Gasteiger partial charge in [-0.3, -0.25) is 0 Å². The molecule has 6 nitrogen and oxygen atoms in total. The van der Waals surface area contributed by atoms with Crippen LogP contribution in [0.2, 0.25) is 0 Å². The van der Waals surface area contributed by atoms with E-state index < -0.39 is 9.84 Å². The average Bonchev–Trinajstić information content (AvgIpc) is 3.02. The van der Waals surface area contributed by atoms with Crippen molar-refractivity contribution in [1.29, 1.82) is 0 Å². The Labute approximate surface area is 135 Å². The fourth-order valence-corrected chi connectivity index (χ4v) is 3.34. The molecule has 0 fully saturated rings. The molecule has 1 N–H and O–H groups in total. The molecule has 0 amide bonds. The van der Waals surface area contributed by atoms with Gasteiger partial charge in [-0.05, 0) is 31.1 Å². The summed E-state index contributed by atoms with van der Waals surface area (Å²) >= 11 is 0. The topological polar surface area (TPSA) is 73.2 Å². The first-order valence-electron chi connectivity index (χ1n) is 7.42. The number of hydrogen-bond donors (Lipinski definition) is 1. The summed E-state index contributed by atoms with van der Waals surface area (Å²) in [6.45, 7) is 0.684. The van der Waals surface area contributed by atoms with E-state index in [9.17, 15) is 8.42 Å². The van der Waals surface area contributed by atoms with E-state index in [0.29, 0.717) is 12.2 Å². The number of ether oxygens (including phenoxy) is 1. The van der Waals surface area contributed by atoms with E-state index in [2.05, 4.69) is 10.4 Å². The summed E-state index contributed by atoms with van der Waals surface area (Å²) in [5.41, 5.74) is 1.37. The standard InChI is InChI=1S/C16H19N3O3S/c1-23(20,21)16-8-3-2-7-15(16)19-12-13(10-18-19)17-11-14-6-4-5-9-22-14/h2-3,5,7-10,12,14,17H,4,6,11H2,1H3. The van der Waals surface area contributed by atoms with Gasteiger partial charge in [0.15, 0.2) is 9.84 Å². The number of nitrogens with zero attached hydrogens (tertiary/aromatic N) is 2. The van der Waals surface area contributed by atoms with Crippen LogP contribution in [-0.4, -0.2) is 37.1 Å². The molecule has 0 saturated carbocycles. The normalized spacial score (nSPS) is 17.7. The predicted molar refractivity (Wildman–Crippen MR) is 88.4 cm³/mol. The number of hydrogen-bond acceptors (Lipinski definition) is 5. The summed E-state index contributed by atoms with van der Waals surface area (Å²) in [5.74, 6) is 0. The molecule has 122 valence electrons. The molecule has 0 spiro atoms. The molecule has 0 radical (unpaired) electrons. The number of aromatic nitrogens is 2. The first-order valence-corrected chi connectivity index (χ1v) is 9.31. The lowest BCUT2D eigenvalue weighted by molar-refractivity contribution is 0.135. The Morgan fingerprint density at radius 2 is 2.22 bits per heavy atom. The molecule has 0 aliphatic carbocycles. The number of sulfone groups is 1. The van der Waals surface area contributed by atoms with Crippen LogP contribution in [0.15, 0.2) is 53.9 Å². The zero-order chi connectivity index (χ0) is 16.3. The molecule has 1 aliphatic heterocycles. The Hall–Kier alpha value is -2.28. The van der Waals surface area contributed by atoms with Crippen molar-refractivity contribution in [2.45, 2.75) is 23.8 Å². The maximum absolute atomic E-state index is 11.9. The number of benzene rings is 1. The van der Waals surface area contributed by atoms with Gasteiger partial charge in [-0.25, -0.2) is 13.1 Å². The van der Waals surface area contributed by atoms with Crippen LogP contribution in [0, 0.1) is 0 Å². The summed E-state index contributed by atoms with van der Waals surface area (Å²) in [4.78, 5) is 0.260. The third-order valence-corrected chi connectivity index (χ3v) is 4.79. The highest BCUT2D eigenvalue weighted by atomic mass is 32.2. The fourth-order valence-electron chi connectivity index (χ4n) is 2.47. The summed E-state index contributed by atoms with van der Waals surface area (Å²) in [7, 11) is -3.31. The van der Waals surface area contributed by atoms with Crippen LogP contribution >= 0.6 is 0 Å². The number of allylic oxidation sites excluding steroid dienone is 1. The van der Waals surface area contributed by atoms with E-state index in [1.54, 1.807) is 47.6 Å². The van der Waals surface area contributed by atoms with Crippen molar-refractivity contribution < 1.29 is 13.2 Å². The Balaban J connectivity index is 1.76. The average molecular weight is 333 g/mol. The molecule has 7 heteroatoms. The molecule has 2 aromatic rings. The monoisotopic (exact) mass is 333 g/mol. The Kier molecular flexibility index (Phi) is 4.38. The van der Waals surface area contributed by atoms with Crippen molar-refractivity contribution in [3.63, 3.8) is 0 Å². The van der Waals surface area contributed by atoms with Crippen molar-refractivity contribution in [2.75, 3.05) is 18.1 Å².